The van der Waals surface area contributed by atoms with Crippen LogP contribution >= 0.6 is 39.9 Å². The first-order valence-electron chi connectivity index (χ1n) is 11.3. The maximum atomic E-state index is 12.7. The van der Waals surface area contributed by atoms with Gasteiger partial charge in [-0.3, -0.25) is 4.79 Å². The van der Waals surface area contributed by atoms with Gasteiger partial charge in [0.2, 0.25) is 5.95 Å². The number of likely N-dealkylation sites (tertiary alicyclic amines) is 1. The van der Waals surface area contributed by atoms with Crippen molar-refractivity contribution in [1.82, 2.24) is 19.9 Å². The quantitative estimate of drug-likeness (QED) is 0.246. The third kappa shape index (κ3) is 6.10. The standard InChI is InChI=1S/C25H24BrClN6O2.ClH/c1-33-12-10-17(11-13-33)30-25-31-22-20(26)14-28-24(34)21(22)23(32-25)29-16-4-8-19(9-5-16)35-18-6-2-15(27)3-7-18;/h2-9,14,17H,10-13H2,1H3,(H,28,34)(H2,29,30,31,32);1H. The fraction of sp³-hybridized carbons (Fsp3) is 0.240. The number of anilines is 3. The number of aromatic amines is 1. The summed E-state index contributed by atoms with van der Waals surface area (Å²) in [5.41, 5.74) is 1.04. The van der Waals surface area contributed by atoms with E-state index < -0.39 is 0 Å². The van der Waals surface area contributed by atoms with Crippen molar-refractivity contribution in [1.29, 1.82) is 0 Å². The first-order chi connectivity index (χ1) is 16.9. The van der Waals surface area contributed by atoms with Gasteiger partial charge in [0.15, 0.2) is 0 Å². The Morgan fingerprint density at radius 2 is 1.69 bits per heavy atom. The summed E-state index contributed by atoms with van der Waals surface area (Å²) in [5, 5.41) is 7.78. The Bertz CT molecular complexity index is 1390. The van der Waals surface area contributed by atoms with Gasteiger partial charge in [0.25, 0.3) is 5.56 Å². The van der Waals surface area contributed by atoms with Crippen LogP contribution in [0.1, 0.15) is 12.8 Å². The minimum absolute atomic E-state index is 0. The predicted molar refractivity (Wildman–Crippen MR) is 150 cm³/mol. The molecule has 3 heterocycles. The van der Waals surface area contributed by atoms with Gasteiger partial charge in [0.05, 0.1) is 9.99 Å². The molecule has 0 unspecified atom stereocenters. The zero-order valence-corrected chi connectivity index (χ0v) is 22.6. The lowest BCUT2D eigenvalue weighted by Crippen LogP contribution is -2.37. The topological polar surface area (TPSA) is 95.2 Å². The fourth-order valence-electron chi connectivity index (χ4n) is 3.99. The molecule has 188 valence electrons. The van der Waals surface area contributed by atoms with Crippen LogP contribution in [0, 0.1) is 0 Å². The molecule has 1 aliphatic heterocycles. The summed E-state index contributed by atoms with van der Waals surface area (Å²) in [6, 6.07) is 14.9. The molecule has 0 atom stereocenters. The van der Waals surface area contributed by atoms with E-state index in [1.165, 1.54) is 0 Å². The number of benzene rings is 2. The Hall–Kier alpha value is -2.85. The van der Waals surface area contributed by atoms with Gasteiger partial charge in [0, 0.05) is 22.9 Å². The number of rotatable bonds is 6. The second-order valence-corrected chi connectivity index (χ2v) is 9.80. The van der Waals surface area contributed by atoms with Crippen LogP contribution in [0.2, 0.25) is 5.02 Å². The van der Waals surface area contributed by atoms with Crippen molar-refractivity contribution in [2.45, 2.75) is 18.9 Å². The number of nitrogens with one attached hydrogen (secondary N) is 3. The van der Waals surface area contributed by atoms with E-state index in [-0.39, 0.29) is 24.0 Å². The fourth-order valence-corrected chi connectivity index (χ4v) is 4.52. The van der Waals surface area contributed by atoms with Gasteiger partial charge in [-0.15, -0.1) is 12.4 Å². The van der Waals surface area contributed by atoms with Gasteiger partial charge in [-0.05, 0) is 97.4 Å². The number of fused-ring (bicyclic) bond motifs is 1. The van der Waals surface area contributed by atoms with E-state index in [9.17, 15) is 4.79 Å². The monoisotopic (exact) mass is 590 g/mol. The molecule has 2 aromatic carbocycles. The molecule has 0 saturated carbocycles. The molecule has 0 amide bonds. The molecular formula is C25H25BrCl2N6O2. The zero-order chi connectivity index (χ0) is 24.4. The van der Waals surface area contributed by atoms with Gasteiger partial charge in [0.1, 0.15) is 22.7 Å². The number of H-pyrrole nitrogens is 1. The number of hydrogen-bond donors (Lipinski definition) is 3. The number of hydrogen-bond acceptors (Lipinski definition) is 7. The molecule has 1 aliphatic rings. The summed E-state index contributed by atoms with van der Waals surface area (Å²) in [4.78, 5) is 27.1. The van der Waals surface area contributed by atoms with Gasteiger partial charge >= 0.3 is 0 Å². The molecule has 0 bridgehead atoms. The van der Waals surface area contributed by atoms with Crippen molar-refractivity contribution in [3.8, 4) is 11.5 Å². The van der Waals surface area contributed by atoms with Crippen LogP contribution in [0.25, 0.3) is 10.9 Å². The van der Waals surface area contributed by atoms with E-state index in [0.29, 0.717) is 43.7 Å². The number of halogens is 3. The van der Waals surface area contributed by atoms with Crippen molar-refractivity contribution in [3.63, 3.8) is 0 Å². The molecule has 0 spiro atoms. The van der Waals surface area contributed by atoms with Gasteiger partial charge in [-0.2, -0.15) is 4.98 Å². The number of pyridine rings is 1. The van der Waals surface area contributed by atoms with Crippen LogP contribution in [-0.4, -0.2) is 46.0 Å². The largest absolute Gasteiger partial charge is 0.457 e. The molecule has 4 aromatic rings. The average Bonchev–Trinajstić information content (AvgIpc) is 2.85. The van der Waals surface area contributed by atoms with Crippen LogP contribution in [0.3, 0.4) is 0 Å². The van der Waals surface area contributed by atoms with E-state index in [1.54, 1.807) is 18.3 Å². The van der Waals surface area contributed by atoms with Crippen molar-refractivity contribution in [2.75, 3.05) is 30.8 Å². The first kappa shape index (κ1) is 26.2. The summed E-state index contributed by atoms with van der Waals surface area (Å²) in [7, 11) is 2.12. The highest BCUT2D eigenvalue weighted by molar-refractivity contribution is 9.10. The SMILES string of the molecule is CN1CCC(Nc2nc(Nc3ccc(Oc4ccc(Cl)cc4)cc3)c3c(=O)[nH]cc(Br)c3n2)CC1.Cl. The third-order valence-corrected chi connectivity index (χ3v) is 6.77. The summed E-state index contributed by atoms with van der Waals surface area (Å²) in [5.74, 6) is 2.29. The summed E-state index contributed by atoms with van der Waals surface area (Å²) in [6.45, 7) is 2.04. The van der Waals surface area contributed by atoms with Crippen LogP contribution in [-0.2, 0) is 0 Å². The molecule has 36 heavy (non-hydrogen) atoms. The van der Waals surface area contributed by atoms with E-state index in [4.69, 9.17) is 16.3 Å². The van der Waals surface area contributed by atoms with Crippen LogP contribution < -0.4 is 20.9 Å². The predicted octanol–water partition coefficient (Wildman–Crippen LogP) is 6.20. The molecule has 0 aliphatic carbocycles. The van der Waals surface area contributed by atoms with Crippen molar-refractivity contribution < 1.29 is 4.74 Å². The van der Waals surface area contributed by atoms with Crippen molar-refractivity contribution in [2.24, 2.45) is 0 Å². The number of piperidine rings is 1. The molecule has 3 N–H and O–H groups in total. The maximum Gasteiger partial charge on any atom is 0.261 e. The molecule has 5 rings (SSSR count). The van der Waals surface area contributed by atoms with Crippen LogP contribution in [0.4, 0.5) is 17.5 Å². The second-order valence-electron chi connectivity index (χ2n) is 8.51. The number of aromatic nitrogens is 3. The van der Waals surface area contributed by atoms with E-state index in [1.807, 2.05) is 36.4 Å². The lowest BCUT2D eigenvalue weighted by molar-refractivity contribution is 0.263. The van der Waals surface area contributed by atoms with Crippen LogP contribution in [0.5, 0.6) is 11.5 Å². The highest BCUT2D eigenvalue weighted by atomic mass is 79.9. The highest BCUT2D eigenvalue weighted by Crippen LogP contribution is 2.29. The van der Waals surface area contributed by atoms with E-state index >= 15 is 0 Å². The smallest absolute Gasteiger partial charge is 0.261 e. The lowest BCUT2D eigenvalue weighted by Gasteiger charge is -2.29. The molecule has 11 heteroatoms. The lowest BCUT2D eigenvalue weighted by atomic mass is 10.1. The highest BCUT2D eigenvalue weighted by Gasteiger charge is 2.20. The summed E-state index contributed by atoms with van der Waals surface area (Å²) >= 11 is 9.45. The summed E-state index contributed by atoms with van der Waals surface area (Å²) < 4.78 is 6.56. The maximum absolute atomic E-state index is 12.7. The van der Waals surface area contributed by atoms with E-state index in [0.717, 1.165) is 31.6 Å². The Labute approximate surface area is 228 Å². The van der Waals surface area contributed by atoms with E-state index in [2.05, 4.69) is 53.5 Å². The molecule has 8 nitrogen and oxygen atoms in total. The Kier molecular flexibility index (Phi) is 8.35. The molecular weight excluding hydrogens is 567 g/mol. The number of nitrogens with zero attached hydrogens (tertiary/aromatic N) is 3. The third-order valence-electron chi connectivity index (χ3n) is 5.91. The minimum atomic E-state index is -0.265. The van der Waals surface area contributed by atoms with Crippen molar-refractivity contribution in [3.05, 3.63) is 74.6 Å². The molecule has 1 saturated heterocycles. The Morgan fingerprint density at radius 3 is 2.36 bits per heavy atom. The first-order valence-corrected chi connectivity index (χ1v) is 12.5. The van der Waals surface area contributed by atoms with Gasteiger partial charge in [-0.25, -0.2) is 4.98 Å². The van der Waals surface area contributed by atoms with Crippen LogP contribution in [0.15, 0.2) is 64.0 Å². The second kappa shape index (κ2) is 11.5. The van der Waals surface area contributed by atoms with Crippen molar-refractivity contribution >= 4 is 68.3 Å². The van der Waals surface area contributed by atoms with Gasteiger partial charge in [-0.1, -0.05) is 11.6 Å². The summed E-state index contributed by atoms with van der Waals surface area (Å²) in [6.07, 6.45) is 3.61. The number of ether oxygens (including phenoxy) is 1. The van der Waals surface area contributed by atoms with Gasteiger partial charge < -0.3 is 25.3 Å². The molecule has 1 fully saturated rings. The average molecular weight is 592 g/mol. The Morgan fingerprint density at radius 1 is 1.06 bits per heavy atom. The molecule has 0 radical (unpaired) electrons. The zero-order valence-electron chi connectivity index (χ0n) is 19.4. The normalized spacial score (nSPS) is 14.3. The molecule has 2 aromatic heterocycles. The Balaban J connectivity index is 0.00000304. The minimum Gasteiger partial charge on any atom is -0.457 e.